The Morgan fingerprint density at radius 2 is 1.60 bits per heavy atom. The predicted molar refractivity (Wildman–Crippen MR) is 172 cm³/mol. The second kappa shape index (κ2) is 23.3. The fourth-order valence-electron chi connectivity index (χ4n) is 3.24. The summed E-state index contributed by atoms with van der Waals surface area (Å²) < 4.78 is 17.2. The number of hydrogen-bond acceptors (Lipinski definition) is 9. The van der Waals surface area contributed by atoms with Gasteiger partial charge in [-0.3, -0.25) is 19.7 Å². The molecule has 3 N–H and O–H groups in total. The Kier molecular flexibility index (Phi) is 22.2. The quantitative estimate of drug-likeness (QED) is 0.252. The number of carbonyl (C=O) groups is 3. The van der Waals surface area contributed by atoms with Gasteiger partial charge in [-0.25, -0.2) is 4.79 Å². The van der Waals surface area contributed by atoms with Gasteiger partial charge in [0, 0.05) is 18.5 Å². The maximum atomic E-state index is 12.7. The number of likely N-dealkylation sites (N-methyl/N-ethyl adjacent to an activating group) is 1. The molecule has 1 aromatic heterocycles. The van der Waals surface area contributed by atoms with Gasteiger partial charge in [-0.2, -0.15) is 5.10 Å². The maximum absolute atomic E-state index is 12.7. The summed E-state index contributed by atoms with van der Waals surface area (Å²) in [6.45, 7) is 18.9. The first-order chi connectivity index (χ1) is 20.5. The van der Waals surface area contributed by atoms with E-state index in [4.69, 9.17) is 19.2 Å². The normalized spacial score (nSPS) is 15.7. The first-order valence-corrected chi connectivity index (χ1v) is 14.5. The number of aromatic amines is 1. The van der Waals surface area contributed by atoms with Crippen LogP contribution in [0.4, 0.5) is 10.6 Å². The molecule has 0 spiro atoms. The number of alkyl carbamates (subject to hydrolysis) is 1. The Balaban J connectivity index is 0. The highest BCUT2D eigenvalue weighted by molar-refractivity contribution is 6.41. The van der Waals surface area contributed by atoms with Gasteiger partial charge in [-0.15, -0.1) is 12.8 Å². The number of aromatic nitrogens is 2. The van der Waals surface area contributed by atoms with Crippen LogP contribution in [-0.2, 0) is 23.8 Å². The van der Waals surface area contributed by atoms with Crippen molar-refractivity contribution in [2.24, 2.45) is 10.4 Å². The van der Waals surface area contributed by atoms with Crippen molar-refractivity contribution >= 4 is 29.4 Å². The highest BCUT2D eigenvalue weighted by Gasteiger charge is 2.36. The Bertz CT molecular complexity index is 1050. The fraction of sp³-hybridized carbons (Fsp3) is 0.581. The van der Waals surface area contributed by atoms with Crippen LogP contribution < -0.4 is 10.6 Å². The van der Waals surface area contributed by atoms with E-state index >= 15 is 0 Å². The SMILES string of the molecule is C#C.CC.CCC.CCO/C1=C/C=C(/OCC)CN(C)C(C(OC(=O)NCC(=O)C(=O)Nc2ccn[nH]2)C(C)(C)C)=NC1. The number of terminal acetylenes is 1. The Hall–Kier alpha value is -4.27. The molecule has 0 radical (unpaired) electrons. The number of anilines is 1. The molecule has 0 bridgehead atoms. The Morgan fingerprint density at radius 1 is 1.05 bits per heavy atom. The zero-order valence-corrected chi connectivity index (χ0v) is 27.6. The molecule has 2 rings (SSSR count). The van der Waals surface area contributed by atoms with Gasteiger partial charge in [0.05, 0.1) is 39.0 Å². The zero-order valence-electron chi connectivity index (χ0n) is 27.6. The van der Waals surface area contributed by atoms with Gasteiger partial charge in [0.15, 0.2) is 6.10 Å². The van der Waals surface area contributed by atoms with Gasteiger partial charge in [0.25, 0.3) is 5.91 Å². The molecule has 0 saturated heterocycles. The molecule has 0 aromatic carbocycles. The summed E-state index contributed by atoms with van der Waals surface area (Å²) in [5.41, 5.74) is -0.550. The topological polar surface area (TPSA) is 147 Å². The number of hydrogen-bond donors (Lipinski definition) is 3. The monoisotopic (exact) mass is 604 g/mol. The second-order valence-corrected chi connectivity index (χ2v) is 9.72. The van der Waals surface area contributed by atoms with Gasteiger partial charge < -0.3 is 29.7 Å². The van der Waals surface area contributed by atoms with Crippen LogP contribution in [-0.4, -0.2) is 84.7 Å². The van der Waals surface area contributed by atoms with E-state index in [-0.39, 0.29) is 12.4 Å². The number of aliphatic imine (C=N–C) groups is 1. The lowest BCUT2D eigenvalue weighted by Crippen LogP contribution is -2.49. The Morgan fingerprint density at radius 3 is 2.12 bits per heavy atom. The second-order valence-electron chi connectivity index (χ2n) is 9.72. The average molecular weight is 605 g/mol. The molecule has 0 aliphatic carbocycles. The molecule has 1 atom stereocenters. The van der Waals surface area contributed by atoms with Crippen LogP contribution in [0.3, 0.4) is 0 Å². The summed E-state index contributed by atoms with van der Waals surface area (Å²) >= 11 is 0. The number of H-pyrrole nitrogens is 1. The maximum Gasteiger partial charge on any atom is 0.408 e. The van der Waals surface area contributed by atoms with E-state index in [1.807, 2.05) is 72.6 Å². The number of carbonyl (C=O) groups excluding carboxylic acids is 3. The number of amidine groups is 1. The summed E-state index contributed by atoms with van der Waals surface area (Å²) in [4.78, 5) is 43.4. The lowest BCUT2D eigenvalue weighted by molar-refractivity contribution is -0.134. The van der Waals surface area contributed by atoms with Gasteiger partial charge in [-0.1, -0.05) is 54.9 Å². The minimum atomic E-state index is -0.891. The molecule has 1 unspecified atom stereocenters. The highest BCUT2D eigenvalue weighted by atomic mass is 16.6. The molecule has 12 nitrogen and oxygen atoms in total. The molecular weight excluding hydrogens is 552 g/mol. The lowest BCUT2D eigenvalue weighted by atomic mass is 9.87. The minimum Gasteiger partial charge on any atom is -0.496 e. The van der Waals surface area contributed by atoms with Crippen LogP contribution >= 0.6 is 0 Å². The number of ketones is 1. The molecule has 43 heavy (non-hydrogen) atoms. The van der Waals surface area contributed by atoms with E-state index < -0.39 is 35.8 Å². The van der Waals surface area contributed by atoms with Crippen LogP contribution in [0.25, 0.3) is 0 Å². The number of nitrogens with zero attached hydrogens (tertiary/aromatic N) is 3. The number of Topliss-reactive ketones (excluding diaryl/α,β-unsaturated/α-hetero) is 1. The number of ether oxygens (including phenoxy) is 3. The van der Waals surface area contributed by atoms with Gasteiger partial charge in [0.2, 0.25) is 5.78 Å². The number of allylic oxidation sites excluding steroid dienone is 2. The first kappa shape index (κ1) is 40.9. The van der Waals surface area contributed by atoms with Crippen molar-refractivity contribution in [3.05, 3.63) is 35.9 Å². The van der Waals surface area contributed by atoms with Crippen molar-refractivity contribution in [1.82, 2.24) is 20.4 Å². The van der Waals surface area contributed by atoms with Crippen LogP contribution in [0.5, 0.6) is 0 Å². The first-order valence-electron chi connectivity index (χ1n) is 14.5. The van der Waals surface area contributed by atoms with E-state index in [0.717, 1.165) is 0 Å². The summed E-state index contributed by atoms with van der Waals surface area (Å²) in [5.74, 6) is 0.401. The van der Waals surface area contributed by atoms with Crippen molar-refractivity contribution in [2.45, 2.75) is 74.8 Å². The van der Waals surface area contributed by atoms with Gasteiger partial charge >= 0.3 is 6.09 Å². The third-order valence-corrected chi connectivity index (χ3v) is 4.94. The molecule has 0 fully saturated rings. The lowest BCUT2D eigenvalue weighted by Gasteiger charge is -2.35. The third kappa shape index (κ3) is 16.7. The molecule has 242 valence electrons. The smallest absolute Gasteiger partial charge is 0.408 e. The van der Waals surface area contributed by atoms with Crippen molar-refractivity contribution < 1.29 is 28.6 Å². The molecule has 2 heterocycles. The van der Waals surface area contributed by atoms with Crippen LogP contribution in [0.1, 0.15) is 68.7 Å². The molecule has 1 aliphatic heterocycles. The highest BCUT2D eigenvalue weighted by Crippen LogP contribution is 2.26. The third-order valence-electron chi connectivity index (χ3n) is 4.94. The molecule has 1 aromatic rings. The molecule has 12 heteroatoms. The number of nitrogens with one attached hydrogen (secondary N) is 3. The van der Waals surface area contributed by atoms with Gasteiger partial charge in [0.1, 0.15) is 23.2 Å². The number of rotatable bonds is 10. The molecular formula is C31H52N6O6. The number of amides is 2. The van der Waals surface area contributed by atoms with E-state index in [1.54, 1.807) is 0 Å². The molecule has 2 amide bonds. The standard InChI is InChI=1S/C24H36N6O6.C3H8.C2H6.C2H2/c1-7-34-16-9-10-17(35-8-2)15-30(6)21(25-13-16)20(24(3,4)5)36-23(33)26-14-18(31)22(32)28-19-11-12-27-29-19;1-3-2;2*1-2/h9-12,20H,7-8,13-15H2,1-6H3,(H,26,33)(H2,27,28,29,32);3H2,1-2H3;1-2H3;1-2H/b16-9+,17-10+,25-21?;;;. The van der Waals surface area contributed by atoms with Crippen molar-refractivity contribution in [3.63, 3.8) is 0 Å². The van der Waals surface area contributed by atoms with Crippen LogP contribution in [0, 0.1) is 18.3 Å². The Labute approximate surface area is 257 Å². The summed E-state index contributed by atoms with van der Waals surface area (Å²) in [6.07, 6.45) is 12.7. The van der Waals surface area contributed by atoms with E-state index in [9.17, 15) is 14.4 Å². The molecule has 1 aliphatic rings. The molecule has 0 saturated carbocycles. The average Bonchev–Trinajstić information content (AvgIpc) is 3.50. The fourth-order valence-corrected chi connectivity index (χ4v) is 3.24. The minimum absolute atomic E-state index is 0.243. The van der Waals surface area contributed by atoms with Crippen molar-refractivity contribution in [2.75, 3.05) is 45.2 Å². The van der Waals surface area contributed by atoms with Crippen molar-refractivity contribution in [3.8, 4) is 12.8 Å². The van der Waals surface area contributed by atoms with Crippen LogP contribution in [0.2, 0.25) is 0 Å². The van der Waals surface area contributed by atoms with E-state index in [0.29, 0.717) is 37.1 Å². The summed E-state index contributed by atoms with van der Waals surface area (Å²) in [6, 6.07) is 1.49. The largest absolute Gasteiger partial charge is 0.496 e. The van der Waals surface area contributed by atoms with Crippen LogP contribution in [0.15, 0.2) is 40.9 Å². The van der Waals surface area contributed by atoms with Gasteiger partial charge in [-0.05, 0) is 26.0 Å². The summed E-state index contributed by atoms with van der Waals surface area (Å²) in [7, 11) is 1.83. The van der Waals surface area contributed by atoms with Crippen molar-refractivity contribution in [1.29, 1.82) is 0 Å². The van der Waals surface area contributed by atoms with E-state index in [2.05, 4.69) is 47.5 Å². The zero-order chi connectivity index (χ0) is 33.4. The summed E-state index contributed by atoms with van der Waals surface area (Å²) in [5, 5.41) is 10.9. The predicted octanol–water partition coefficient (Wildman–Crippen LogP) is 4.93. The van der Waals surface area contributed by atoms with E-state index in [1.165, 1.54) is 18.7 Å².